The highest BCUT2D eigenvalue weighted by molar-refractivity contribution is 7.09. The quantitative estimate of drug-likeness (QED) is 0.703. The third kappa shape index (κ3) is 2.08. The van der Waals surface area contributed by atoms with Crippen LogP contribution in [0.25, 0.3) is 0 Å². The molecule has 0 aliphatic rings. The lowest BCUT2D eigenvalue weighted by molar-refractivity contribution is 0.195. The zero-order valence-electron chi connectivity index (χ0n) is 6.16. The van der Waals surface area contributed by atoms with Crippen molar-refractivity contribution in [3.05, 3.63) is 16.1 Å². The van der Waals surface area contributed by atoms with Crippen LogP contribution in [0.1, 0.15) is 17.6 Å². The third-order valence-electron chi connectivity index (χ3n) is 1.14. The van der Waals surface area contributed by atoms with Gasteiger partial charge in [-0.25, -0.2) is 4.98 Å². The van der Waals surface area contributed by atoms with Crippen molar-refractivity contribution in [2.45, 2.75) is 26.4 Å². The molecule has 56 valence electrons. The van der Waals surface area contributed by atoms with Crippen LogP contribution < -0.4 is 0 Å². The molecule has 1 rings (SSSR count). The van der Waals surface area contributed by atoms with E-state index in [9.17, 15) is 0 Å². The molecule has 0 aliphatic carbocycles. The van der Waals surface area contributed by atoms with Crippen LogP contribution >= 0.6 is 11.3 Å². The zero-order valence-corrected chi connectivity index (χ0v) is 6.98. The highest BCUT2D eigenvalue weighted by atomic mass is 32.1. The summed E-state index contributed by atoms with van der Waals surface area (Å²) >= 11 is 1.61. The van der Waals surface area contributed by atoms with Gasteiger partial charge in [-0.15, -0.1) is 11.3 Å². The molecule has 0 fully saturated rings. The number of rotatable bonds is 2. The fourth-order valence-corrected chi connectivity index (χ4v) is 1.64. The smallest absolute Gasteiger partial charge is 0.0953 e. The number of aromatic nitrogens is 1. The Bertz CT molecular complexity index is 207. The molecule has 0 radical (unpaired) electrons. The normalized spacial score (nSPS) is 13.5. The van der Waals surface area contributed by atoms with Gasteiger partial charge in [-0.1, -0.05) is 0 Å². The maximum absolute atomic E-state index is 8.98. The Balaban J connectivity index is 2.58. The Morgan fingerprint density at radius 2 is 2.50 bits per heavy atom. The lowest BCUT2D eigenvalue weighted by atomic mass is 10.3. The van der Waals surface area contributed by atoms with Gasteiger partial charge in [0.05, 0.1) is 11.1 Å². The first-order chi connectivity index (χ1) is 4.68. The van der Waals surface area contributed by atoms with Gasteiger partial charge in [0.1, 0.15) is 0 Å². The molecule has 2 nitrogen and oxygen atoms in total. The van der Waals surface area contributed by atoms with E-state index in [1.807, 2.05) is 12.3 Å². The predicted molar refractivity (Wildman–Crippen MR) is 42.2 cm³/mol. The van der Waals surface area contributed by atoms with Crippen LogP contribution in [0.3, 0.4) is 0 Å². The number of hydrogen-bond donors (Lipinski definition) is 1. The first kappa shape index (κ1) is 7.69. The van der Waals surface area contributed by atoms with E-state index >= 15 is 0 Å². The minimum absolute atomic E-state index is 0.273. The van der Waals surface area contributed by atoms with Crippen molar-refractivity contribution in [2.75, 3.05) is 0 Å². The molecule has 0 saturated heterocycles. The van der Waals surface area contributed by atoms with Crippen LogP contribution in [-0.4, -0.2) is 16.2 Å². The third-order valence-corrected chi connectivity index (χ3v) is 2.13. The van der Waals surface area contributed by atoms with Crippen molar-refractivity contribution in [3.63, 3.8) is 0 Å². The van der Waals surface area contributed by atoms with Gasteiger partial charge in [0.15, 0.2) is 0 Å². The van der Waals surface area contributed by atoms with Gasteiger partial charge in [0.2, 0.25) is 0 Å². The molecule has 0 aromatic carbocycles. The summed E-state index contributed by atoms with van der Waals surface area (Å²) in [6.07, 6.45) is 0.406. The van der Waals surface area contributed by atoms with Gasteiger partial charge < -0.3 is 5.11 Å². The van der Waals surface area contributed by atoms with Gasteiger partial charge in [-0.05, 0) is 13.8 Å². The van der Waals surface area contributed by atoms with E-state index in [1.165, 1.54) is 0 Å². The summed E-state index contributed by atoms with van der Waals surface area (Å²) in [5.74, 6) is 0. The molecule has 0 amide bonds. The molecule has 1 aromatic heterocycles. The molecular formula is C7H11NOS. The van der Waals surface area contributed by atoms with E-state index < -0.39 is 0 Å². The Kier molecular flexibility index (Phi) is 2.40. The summed E-state index contributed by atoms with van der Waals surface area (Å²) in [4.78, 5) is 4.21. The van der Waals surface area contributed by atoms with Gasteiger partial charge in [0, 0.05) is 17.5 Å². The molecule has 0 spiro atoms. The van der Waals surface area contributed by atoms with Crippen molar-refractivity contribution in [1.82, 2.24) is 4.98 Å². The number of aliphatic hydroxyl groups excluding tert-OH is 1. The van der Waals surface area contributed by atoms with Crippen LogP contribution in [0.15, 0.2) is 5.38 Å². The van der Waals surface area contributed by atoms with E-state index in [-0.39, 0.29) is 6.10 Å². The SMILES string of the molecule is Cc1csc(C[C@@H](C)O)n1. The largest absolute Gasteiger partial charge is 0.393 e. The molecule has 1 atom stereocenters. The lowest BCUT2D eigenvalue weighted by Gasteiger charge is -1.97. The van der Waals surface area contributed by atoms with Crippen LogP contribution in [0.5, 0.6) is 0 Å². The van der Waals surface area contributed by atoms with E-state index in [4.69, 9.17) is 5.11 Å². The molecular weight excluding hydrogens is 146 g/mol. The second-order valence-electron chi connectivity index (χ2n) is 2.44. The van der Waals surface area contributed by atoms with Crippen LogP contribution in [0.4, 0.5) is 0 Å². The van der Waals surface area contributed by atoms with Crippen molar-refractivity contribution in [3.8, 4) is 0 Å². The predicted octanol–water partition coefficient (Wildman–Crippen LogP) is 1.37. The molecule has 1 aromatic rings. The minimum atomic E-state index is -0.273. The highest BCUT2D eigenvalue weighted by Gasteiger charge is 2.01. The van der Waals surface area contributed by atoms with E-state index in [0.29, 0.717) is 6.42 Å². The summed E-state index contributed by atoms with van der Waals surface area (Å²) in [5.41, 5.74) is 1.04. The summed E-state index contributed by atoms with van der Waals surface area (Å²) in [6, 6.07) is 0. The van der Waals surface area contributed by atoms with Gasteiger partial charge in [-0.2, -0.15) is 0 Å². The van der Waals surface area contributed by atoms with E-state index in [1.54, 1.807) is 18.3 Å². The van der Waals surface area contributed by atoms with E-state index in [0.717, 1.165) is 10.7 Å². The fourth-order valence-electron chi connectivity index (χ4n) is 0.749. The molecule has 0 aliphatic heterocycles. The van der Waals surface area contributed by atoms with Crippen molar-refractivity contribution in [2.24, 2.45) is 0 Å². The average Bonchev–Trinajstić information content (AvgIpc) is 2.13. The Hall–Kier alpha value is -0.410. The number of hydrogen-bond acceptors (Lipinski definition) is 3. The molecule has 0 unspecified atom stereocenters. The maximum Gasteiger partial charge on any atom is 0.0953 e. The first-order valence-electron chi connectivity index (χ1n) is 3.27. The highest BCUT2D eigenvalue weighted by Crippen LogP contribution is 2.10. The minimum Gasteiger partial charge on any atom is -0.393 e. The van der Waals surface area contributed by atoms with Crippen LogP contribution in [0.2, 0.25) is 0 Å². The fraction of sp³-hybridized carbons (Fsp3) is 0.571. The van der Waals surface area contributed by atoms with Gasteiger partial charge in [0.25, 0.3) is 0 Å². The number of nitrogens with zero attached hydrogens (tertiary/aromatic N) is 1. The first-order valence-corrected chi connectivity index (χ1v) is 4.15. The second-order valence-corrected chi connectivity index (χ2v) is 3.38. The van der Waals surface area contributed by atoms with Crippen molar-refractivity contribution >= 4 is 11.3 Å². The summed E-state index contributed by atoms with van der Waals surface area (Å²) in [6.45, 7) is 3.73. The maximum atomic E-state index is 8.98. The summed E-state index contributed by atoms with van der Waals surface area (Å²) in [5, 5.41) is 12.0. The molecule has 10 heavy (non-hydrogen) atoms. The van der Waals surface area contributed by atoms with Gasteiger partial charge in [-0.3, -0.25) is 0 Å². The van der Waals surface area contributed by atoms with Crippen molar-refractivity contribution < 1.29 is 5.11 Å². The molecule has 1 N–H and O–H groups in total. The number of aryl methyl sites for hydroxylation is 1. The molecule has 3 heteroatoms. The molecule has 1 heterocycles. The average molecular weight is 157 g/mol. The Morgan fingerprint density at radius 1 is 1.80 bits per heavy atom. The standard InChI is InChI=1S/C7H11NOS/c1-5-4-10-7(8-5)3-6(2)9/h4,6,9H,3H2,1-2H3/t6-/m1/s1. The lowest BCUT2D eigenvalue weighted by Crippen LogP contribution is -2.03. The molecule has 0 saturated carbocycles. The van der Waals surface area contributed by atoms with Gasteiger partial charge >= 0.3 is 0 Å². The van der Waals surface area contributed by atoms with Crippen molar-refractivity contribution in [1.29, 1.82) is 0 Å². The summed E-state index contributed by atoms with van der Waals surface area (Å²) in [7, 11) is 0. The van der Waals surface area contributed by atoms with E-state index in [2.05, 4.69) is 4.98 Å². The van der Waals surface area contributed by atoms with Crippen LogP contribution in [-0.2, 0) is 6.42 Å². The summed E-state index contributed by atoms with van der Waals surface area (Å²) < 4.78 is 0. The Morgan fingerprint density at radius 3 is 2.90 bits per heavy atom. The zero-order chi connectivity index (χ0) is 7.56. The van der Waals surface area contributed by atoms with Crippen LogP contribution in [0, 0.1) is 6.92 Å². The Labute approximate surface area is 64.5 Å². The molecule has 0 bridgehead atoms. The monoisotopic (exact) mass is 157 g/mol. The number of aliphatic hydroxyl groups is 1. The topological polar surface area (TPSA) is 33.1 Å². The number of thiazole rings is 1. The second kappa shape index (κ2) is 3.12.